The van der Waals surface area contributed by atoms with Crippen LogP contribution < -0.4 is 9.47 Å². The van der Waals surface area contributed by atoms with E-state index in [0.717, 1.165) is 10.9 Å². The number of hydrogen-bond donors (Lipinski definition) is 1. The predicted molar refractivity (Wildman–Crippen MR) is 87.0 cm³/mol. The van der Waals surface area contributed by atoms with E-state index in [1.807, 2.05) is 42.5 Å². The second kappa shape index (κ2) is 6.44. The molecule has 3 rings (SSSR count). The van der Waals surface area contributed by atoms with Gasteiger partial charge in [0.25, 0.3) is 0 Å². The number of aromatic nitrogens is 1. The number of ether oxygens (including phenoxy) is 3. The second-order valence-electron chi connectivity index (χ2n) is 5.01. The largest absolute Gasteiger partial charge is 0.493 e. The van der Waals surface area contributed by atoms with Crippen LogP contribution in [-0.2, 0) is 11.3 Å². The average molecular weight is 311 g/mol. The summed E-state index contributed by atoms with van der Waals surface area (Å²) in [7, 11) is 2.93. The Morgan fingerprint density at radius 2 is 1.87 bits per heavy atom. The first-order valence-corrected chi connectivity index (χ1v) is 7.17. The van der Waals surface area contributed by atoms with Crippen molar-refractivity contribution in [3.05, 3.63) is 59.8 Å². The number of H-pyrrole nitrogens is 1. The Hall–Kier alpha value is -2.95. The molecule has 5 nitrogen and oxygen atoms in total. The topological polar surface area (TPSA) is 60.6 Å². The summed E-state index contributed by atoms with van der Waals surface area (Å²) < 4.78 is 16.1. The van der Waals surface area contributed by atoms with Crippen molar-refractivity contribution in [3.8, 4) is 11.5 Å². The third-order valence-corrected chi connectivity index (χ3v) is 3.56. The van der Waals surface area contributed by atoms with Crippen LogP contribution in [0.1, 0.15) is 16.1 Å². The smallest absolute Gasteiger partial charge is 0.354 e. The summed E-state index contributed by atoms with van der Waals surface area (Å²) in [5, 5.41) is 0.856. The molecule has 0 amide bonds. The minimum Gasteiger partial charge on any atom is -0.493 e. The van der Waals surface area contributed by atoms with Crippen LogP contribution in [0, 0.1) is 0 Å². The predicted octanol–water partition coefficient (Wildman–Crippen LogP) is 3.54. The summed E-state index contributed by atoms with van der Waals surface area (Å²) in [6.07, 6.45) is 0. The van der Waals surface area contributed by atoms with E-state index in [9.17, 15) is 4.79 Å². The molecule has 118 valence electrons. The molecule has 0 aliphatic carbocycles. The molecule has 0 aliphatic rings. The lowest BCUT2D eigenvalue weighted by atomic mass is 10.2. The summed E-state index contributed by atoms with van der Waals surface area (Å²) in [5.41, 5.74) is 2.13. The molecule has 0 bridgehead atoms. The highest BCUT2D eigenvalue weighted by atomic mass is 16.5. The molecule has 0 fully saturated rings. The molecule has 0 saturated heterocycles. The maximum Gasteiger partial charge on any atom is 0.354 e. The van der Waals surface area contributed by atoms with Gasteiger partial charge in [0.1, 0.15) is 12.3 Å². The van der Waals surface area contributed by atoms with E-state index in [4.69, 9.17) is 14.2 Å². The fourth-order valence-electron chi connectivity index (χ4n) is 2.41. The third kappa shape index (κ3) is 2.99. The molecule has 1 aromatic heterocycles. The van der Waals surface area contributed by atoms with Gasteiger partial charge in [-0.3, -0.25) is 0 Å². The fourth-order valence-corrected chi connectivity index (χ4v) is 2.41. The maximum absolute atomic E-state index is 11.7. The minimum absolute atomic E-state index is 0.375. The average Bonchev–Trinajstić information content (AvgIpc) is 3.04. The van der Waals surface area contributed by atoms with E-state index in [1.54, 1.807) is 13.2 Å². The van der Waals surface area contributed by atoms with E-state index >= 15 is 0 Å². The number of carbonyl (C=O) groups excluding carboxylic acids is 1. The standard InChI is InChI=1S/C18H17NO4/c1-21-15-9-8-13-10-14(18(20)22-2)19-16(13)17(15)23-11-12-6-4-3-5-7-12/h3-10,19H,11H2,1-2H3. The number of fused-ring (bicyclic) bond motifs is 1. The highest BCUT2D eigenvalue weighted by Gasteiger charge is 2.16. The maximum atomic E-state index is 11.7. The third-order valence-electron chi connectivity index (χ3n) is 3.56. The first-order valence-electron chi connectivity index (χ1n) is 7.17. The van der Waals surface area contributed by atoms with Crippen LogP contribution in [-0.4, -0.2) is 25.2 Å². The van der Waals surface area contributed by atoms with Gasteiger partial charge < -0.3 is 19.2 Å². The van der Waals surface area contributed by atoms with Crippen LogP contribution in [0.25, 0.3) is 10.9 Å². The summed E-state index contributed by atoms with van der Waals surface area (Å²) >= 11 is 0. The van der Waals surface area contributed by atoms with Crippen molar-refractivity contribution in [2.24, 2.45) is 0 Å². The van der Waals surface area contributed by atoms with Gasteiger partial charge in [-0.1, -0.05) is 30.3 Å². The highest BCUT2D eigenvalue weighted by Crippen LogP contribution is 2.36. The lowest BCUT2D eigenvalue weighted by molar-refractivity contribution is 0.0595. The normalized spacial score (nSPS) is 10.5. The van der Waals surface area contributed by atoms with Crippen molar-refractivity contribution in [1.82, 2.24) is 4.98 Å². The van der Waals surface area contributed by atoms with E-state index in [2.05, 4.69) is 4.98 Å². The Kier molecular flexibility index (Phi) is 4.19. The fraction of sp³-hybridized carbons (Fsp3) is 0.167. The lowest BCUT2D eigenvalue weighted by Gasteiger charge is -2.11. The Balaban J connectivity index is 1.98. The van der Waals surface area contributed by atoms with Gasteiger partial charge in [-0.2, -0.15) is 0 Å². The van der Waals surface area contributed by atoms with Crippen molar-refractivity contribution < 1.29 is 19.0 Å². The summed E-state index contributed by atoms with van der Waals surface area (Å²) in [5.74, 6) is 0.755. The zero-order valence-electron chi connectivity index (χ0n) is 13.0. The number of nitrogens with one attached hydrogen (secondary N) is 1. The molecular weight excluding hydrogens is 294 g/mol. The number of hydrogen-bond acceptors (Lipinski definition) is 4. The Morgan fingerprint density at radius 3 is 2.57 bits per heavy atom. The molecule has 1 N–H and O–H groups in total. The van der Waals surface area contributed by atoms with Crippen LogP contribution in [0.4, 0.5) is 0 Å². The van der Waals surface area contributed by atoms with Crippen LogP contribution in [0.3, 0.4) is 0 Å². The molecule has 0 atom stereocenters. The van der Waals surface area contributed by atoms with E-state index in [0.29, 0.717) is 29.3 Å². The van der Waals surface area contributed by atoms with E-state index in [-0.39, 0.29) is 0 Å². The van der Waals surface area contributed by atoms with Crippen LogP contribution in [0.5, 0.6) is 11.5 Å². The Bertz CT molecular complexity index is 824. The number of carbonyl (C=O) groups is 1. The van der Waals surface area contributed by atoms with Gasteiger partial charge in [-0.15, -0.1) is 0 Å². The van der Waals surface area contributed by atoms with Crippen molar-refractivity contribution in [2.75, 3.05) is 14.2 Å². The summed E-state index contributed by atoms with van der Waals surface area (Å²) in [6.45, 7) is 0.406. The molecule has 2 aromatic carbocycles. The van der Waals surface area contributed by atoms with Crippen LogP contribution in [0.15, 0.2) is 48.5 Å². The van der Waals surface area contributed by atoms with Gasteiger partial charge in [-0.05, 0) is 23.8 Å². The first-order chi connectivity index (χ1) is 11.2. The molecule has 0 saturated carbocycles. The van der Waals surface area contributed by atoms with Crippen molar-refractivity contribution in [2.45, 2.75) is 6.61 Å². The number of rotatable bonds is 5. The van der Waals surface area contributed by atoms with Crippen molar-refractivity contribution >= 4 is 16.9 Å². The first kappa shape index (κ1) is 15.0. The quantitative estimate of drug-likeness (QED) is 0.732. The van der Waals surface area contributed by atoms with Gasteiger partial charge in [0.15, 0.2) is 11.5 Å². The van der Waals surface area contributed by atoms with Gasteiger partial charge in [0.2, 0.25) is 0 Å². The molecule has 1 heterocycles. The number of aromatic amines is 1. The second-order valence-corrected chi connectivity index (χ2v) is 5.01. The lowest BCUT2D eigenvalue weighted by Crippen LogP contribution is -2.01. The van der Waals surface area contributed by atoms with E-state index < -0.39 is 5.97 Å². The van der Waals surface area contributed by atoms with Gasteiger partial charge >= 0.3 is 5.97 Å². The molecule has 0 radical (unpaired) electrons. The molecule has 0 unspecified atom stereocenters. The summed E-state index contributed by atoms with van der Waals surface area (Å²) in [4.78, 5) is 14.7. The molecule has 5 heteroatoms. The molecule has 0 aliphatic heterocycles. The van der Waals surface area contributed by atoms with Crippen LogP contribution in [0.2, 0.25) is 0 Å². The summed E-state index contributed by atoms with van der Waals surface area (Å²) in [6, 6.07) is 15.3. The zero-order valence-corrected chi connectivity index (χ0v) is 13.0. The monoisotopic (exact) mass is 311 g/mol. The molecule has 3 aromatic rings. The molecule has 23 heavy (non-hydrogen) atoms. The molecule has 0 spiro atoms. The van der Waals surface area contributed by atoms with Crippen LogP contribution >= 0.6 is 0 Å². The van der Waals surface area contributed by atoms with Gasteiger partial charge in [-0.25, -0.2) is 4.79 Å². The Morgan fingerprint density at radius 1 is 1.09 bits per heavy atom. The highest BCUT2D eigenvalue weighted by molar-refractivity contribution is 5.97. The SMILES string of the molecule is COC(=O)c1cc2ccc(OC)c(OCc3ccccc3)c2[nH]1. The number of benzene rings is 2. The van der Waals surface area contributed by atoms with Gasteiger partial charge in [0.05, 0.1) is 19.7 Å². The minimum atomic E-state index is -0.422. The number of esters is 1. The van der Waals surface area contributed by atoms with Crippen molar-refractivity contribution in [1.29, 1.82) is 0 Å². The number of methoxy groups -OCH3 is 2. The van der Waals surface area contributed by atoms with Crippen molar-refractivity contribution in [3.63, 3.8) is 0 Å². The Labute approximate surface area is 133 Å². The zero-order chi connectivity index (χ0) is 16.2. The van der Waals surface area contributed by atoms with E-state index in [1.165, 1.54) is 7.11 Å². The van der Waals surface area contributed by atoms with Gasteiger partial charge in [0, 0.05) is 5.39 Å². The molecular formula is C18H17NO4.